The van der Waals surface area contributed by atoms with Gasteiger partial charge in [0, 0.05) is 6.42 Å². The number of esters is 1. The molecule has 0 bridgehead atoms. The van der Waals surface area contributed by atoms with Gasteiger partial charge in [-0.3, -0.25) is 0 Å². The van der Waals surface area contributed by atoms with Gasteiger partial charge in [0.15, 0.2) is 6.04 Å². The third-order valence-corrected chi connectivity index (χ3v) is 4.94. The predicted molar refractivity (Wildman–Crippen MR) is 109 cm³/mol. The van der Waals surface area contributed by atoms with Crippen LogP contribution in [0.3, 0.4) is 0 Å². The first kappa shape index (κ1) is 26.7. The Morgan fingerprint density at radius 1 is 0.720 bits per heavy atom. The van der Waals surface area contributed by atoms with Crippen LogP contribution in [-0.4, -0.2) is 19.1 Å². The zero-order chi connectivity index (χ0) is 17.9. The molecule has 0 heterocycles. The van der Waals surface area contributed by atoms with Crippen molar-refractivity contribution in [3.05, 3.63) is 7.43 Å². The molecule has 0 aromatic carbocycles. The first-order valence-electron chi connectivity index (χ1n) is 10.6. The van der Waals surface area contributed by atoms with Gasteiger partial charge in [-0.15, -0.1) is 0 Å². The number of carbonyl (C=O) groups excluding carboxylic acids is 1. The van der Waals surface area contributed by atoms with Gasteiger partial charge in [-0.1, -0.05) is 103 Å². The molecule has 0 aromatic heterocycles. The number of ether oxygens (including phenoxy) is 1. The molecule has 0 aliphatic heterocycles. The van der Waals surface area contributed by atoms with Crippen molar-refractivity contribution in [2.45, 2.75) is 122 Å². The van der Waals surface area contributed by atoms with Crippen molar-refractivity contribution in [1.29, 1.82) is 0 Å². The third-order valence-electron chi connectivity index (χ3n) is 4.94. The molecule has 0 spiro atoms. The summed E-state index contributed by atoms with van der Waals surface area (Å²) in [6.45, 7) is 2.28. The van der Waals surface area contributed by atoms with Crippen LogP contribution in [0.15, 0.2) is 0 Å². The Morgan fingerprint density at radius 2 is 1.04 bits per heavy atom. The van der Waals surface area contributed by atoms with E-state index in [2.05, 4.69) is 17.4 Å². The Labute approximate surface area is 158 Å². The van der Waals surface area contributed by atoms with Gasteiger partial charge < -0.3 is 17.9 Å². The molecule has 0 radical (unpaired) electrons. The van der Waals surface area contributed by atoms with E-state index in [9.17, 15) is 4.79 Å². The highest BCUT2D eigenvalue weighted by molar-refractivity contribution is 5.73. The molecule has 0 amide bonds. The zero-order valence-electron chi connectivity index (χ0n) is 17.6. The second-order valence-corrected chi connectivity index (χ2v) is 7.31. The lowest BCUT2D eigenvalue weighted by Gasteiger charge is -2.06. The first-order valence-corrected chi connectivity index (χ1v) is 10.6. The molecule has 0 saturated carbocycles. The topological polar surface area (TPSA) is 53.9 Å². The fourth-order valence-corrected chi connectivity index (χ4v) is 3.22. The van der Waals surface area contributed by atoms with E-state index < -0.39 is 0 Å². The molecule has 0 saturated heterocycles. The SMILES string of the molecule is CCCCCCCCCCCCCCCCCCC([NH3+])C(=O)OC.[CH3-]. The van der Waals surface area contributed by atoms with E-state index in [0.717, 1.165) is 12.8 Å². The number of methoxy groups -OCH3 is 1. The molecular formula is C22H47NO2. The lowest BCUT2D eigenvalue weighted by Crippen LogP contribution is -2.65. The highest BCUT2D eigenvalue weighted by Gasteiger charge is 2.16. The van der Waals surface area contributed by atoms with E-state index >= 15 is 0 Å². The van der Waals surface area contributed by atoms with Gasteiger partial charge in [0.25, 0.3) is 0 Å². The van der Waals surface area contributed by atoms with Gasteiger partial charge in [0.05, 0.1) is 7.11 Å². The highest BCUT2D eigenvalue weighted by Crippen LogP contribution is 2.14. The molecule has 0 rings (SSSR count). The fourth-order valence-electron chi connectivity index (χ4n) is 3.22. The number of quaternary nitrogens is 1. The van der Waals surface area contributed by atoms with E-state index in [4.69, 9.17) is 0 Å². The Balaban J connectivity index is 0. The maximum absolute atomic E-state index is 11.2. The average Bonchev–Trinajstić information content (AvgIpc) is 2.60. The first-order chi connectivity index (χ1) is 11.7. The van der Waals surface area contributed by atoms with Crippen molar-refractivity contribution >= 4 is 5.97 Å². The van der Waals surface area contributed by atoms with Crippen LogP contribution in [0.2, 0.25) is 0 Å². The molecule has 0 aliphatic carbocycles. The van der Waals surface area contributed by atoms with E-state index in [1.807, 2.05) is 0 Å². The molecule has 0 fully saturated rings. The maximum atomic E-state index is 11.2. The molecule has 3 nitrogen and oxygen atoms in total. The minimum Gasteiger partial charge on any atom is -0.465 e. The fraction of sp³-hybridized carbons (Fsp3) is 0.909. The minimum atomic E-state index is -0.179. The van der Waals surface area contributed by atoms with Crippen molar-refractivity contribution in [2.75, 3.05) is 7.11 Å². The lowest BCUT2D eigenvalue weighted by atomic mass is 10.0. The van der Waals surface area contributed by atoms with Crippen LogP contribution in [0.1, 0.15) is 116 Å². The second-order valence-electron chi connectivity index (χ2n) is 7.31. The molecule has 25 heavy (non-hydrogen) atoms. The number of carbonyl (C=O) groups is 1. The Bertz CT molecular complexity index is 269. The van der Waals surface area contributed by atoms with Crippen LogP contribution < -0.4 is 5.73 Å². The lowest BCUT2D eigenvalue weighted by molar-refractivity contribution is -0.409. The molecule has 1 atom stereocenters. The molecule has 3 heteroatoms. The van der Waals surface area contributed by atoms with E-state index in [1.165, 1.54) is 103 Å². The standard InChI is InChI=1S/C21H43NO2.CH3/c1-3-4-5-6-7-8-9-10-11-12-13-14-15-16-17-18-19-20(22)21(23)24-2;/h20H,3-19,22H2,1-2H3;1H3/q;-1/p+1. The van der Waals surface area contributed by atoms with E-state index in [1.54, 1.807) is 0 Å². The summed E-state index contributed by atoms with van der Waals surface area (Å²) < 4.78 is 4.69. The van der Waals surface area contributed by atoms with Crippen LogP contribution in [0.5, 0.6) is 0 Å². The monoisotopic (exact) mass is 357 g/mol. The summed E-state index contributed by atoms with van der Waals surface area (Å²) in [4.78, 5) is 11.2. The van der Waals surface area contributed by atoms with Gasteiger partial charge in [-0.05, 0) is 6.42 Å². The smallest absolute Gasteiger partial charge is 0.364 e. The summed E-state index contributed by atoms with van der Waals surface area (Å²) in [5.74, 6) is -0.170. The highest BCUT2D eigenvalue weighted by atomic mass is 16.5. The molecule has 0 aromatic rings. The van der Waals surface area contributed by atoms with Crippen LogP contribution in [-0.2, 0) is 9.53 Å². The molecule has 152 valence electrons. The van der Waals surface area contributed by atoms with Crippen LogP contribution in [0.25, 0.3) is 0 Å². The van der Waals surface area contributed by atoms with Crippen molar-refractivity contribution < 1.29 is 15.3 Å². The average molecular weight is 358 g/mol. The molecular weight excluding hydrogens is 310 g/mol. The normalized spacial score (nSPS) is 11.8. The van der Waals surface area contributed by atoms with Crippen molar-refractivity contribution in [3.63, 3.8) is 0 Å². The van der Waals surface area contributed by atoms with Gasteiger partial charge in [0.2, 0.25) is 0 Å². The van der Waals surface area contributed by atoms with Gasteiger partial charge in [-0.2, -0.15) is 0 Å². The van der Waals surface area contributed by atoms with Crippen molar-refractivity contribution in [2.24, 2.45) is 0 Å². The van der Waals surface area contributed by atoms with E-state index in [-0.39, 0.29) is 19.4 Å². The van der Waals surface area contributed by atoms with E-state index in [0.29, 0.717) is 0 Å². The third kappa shape index (κ3) is 19.6. The number of rotatable bonds is 18. The summed E-state index contributed by atoms with van der Waals surface area (Å²) in [6, 6.07) is -0.179. The number of unbranched alkanes of at least 4 members (excludes halogenated alkanes) is 15. The van der Waals surface area contributed by atoms with Crippen LogP contribution in [0.4, 0.5) is 0 Å². The molecule has 3 N–H and O–H groups in total. The summed E-state index contributed by atoms with van der Waals surface area (Å²) >= 11 is 0. The van der Waals surface area contributed by atoms with Crippen LogP contribution >= 0.6 is 0 Å². The van der Waals surface area contributed by atoms with Crippen molar-refractivity contribution in [1.82, 2.24) is 0 Å². The Morgan fingerprint density at radius 3 is 1.36 bits per heavy atom. The summed E-state index contributed by atoms with van der Waals surface area (Å²) in [5, 5.41) is 0. The van der Waals surface area contributed by atoms with Gasteiger partial charge >= 0.3 is 5.97 Å². The number of hydrogen-bond acceptors (Lipinski definition) is 2. The van der Waals surface area contributed by atoms with Gasteiger partial charge in [-0.25, -0.2) is 4.79 Å². The Kier molecular flexibility index (Phi) is 22.9. The van der Waals surface area contributed by atoms with Crippen molar-refractivity contribution in [3.8, 4) is 0 Å². The minimum absolute atomic E-state index is 0. The van der Waals surface area contributed by atoms with Gasteiger partial charge in [0.1, 0.15) is 0 Å². The maximum Gasteiger partial charge on any atom is 0.364 e. The van der Waals surface area contributed by atoms with Crippen LogP contribution in [0, 0.1) is 7.43 Å². The summed E-state index contributed by atoms with van der Waals surface area (Å²) in [5.41, 5.74) is 3.84. The quantitative estimate of drug-likeness (QED) is 0.189. The zero-order valence-corrected chi connectivity index (χ0v) is 17.6. The predicted octanol–water partition coefficient (Wildman–Crippen LogP) is 5.87. The second kappa shape index (κ2) is 21.5. The Hall–Kier alpha value is -0.570. The largest absolute Gasteiger partial charge is 0.465 e. The number of hydrogen-bond donors (Lipinski definition) is 1. The summed E-state index contributed by atoms with van der Waals surface area (Å²) in [7, 11) is 1.44. The molecule has 1 unspecified atom stereocenters. The summed E-state index contributed by atoms with van der Waals surface area (Å²) in [6.07, 6.45) is 22.9. The molecule has 0 aliphatic rings.